The lowest BCUT2D eigenvalue weighted by Gasteiger charge is -2.10. The van der Waals surface area contributed by atoms with Crippen molar-refractivity contribution in [2.24, 2.45) is 0 Å². The maximum Gasteiger partial charge on any atom is 0.146 e. The number of nitrogens with one attached hydrogen (secondary N) is 1. The molecule has 0 aliphatic carbocycles. The zero-order valence-electron chi connectivity index (χ0n) is 9.65. The van der Waals surface area contributed by atoms with E-state index < -0.39 is 11.6 Å². The average molecular weight is 277 g/mol. The summed E-state index contributed by atoms with van der Waals surface area (Å²) in [6, 6.07) is 6.77. The predicted molar refractivity (Wildman–Crippen MR) is 73.7 cm³/mol. The molecule has 19 heavy (non-hydrogen) atoms. The minimum absolute atomic E-state index is 0.0429. The molecule has 2 aromatic carbocycles. The highest BCUT2D eigenvalue weighted by Gasteiger charge is 2.09. The Kier molecular flexibility index (Phi) is 2.79. The minimum Gasteiger partial charge on any atom is -0.395 e. The second-order valence-corrected chi connectivity index (χ2v) is 4.86. The lowest BCUT2D eigenvalue weighted by Crippen LogP contribution is -1.99. The van der Waals surface area contributed by atoms with Gasteiger partial charge in [0.1, 0.15) is 17.2 Å². The first kappa shape index (κ1) is 11.9. The Labute approximate surface area is 111 Å². The number of anilines is 3. The molecule has 0 fully saturated rings. The molecule has 1 heterocycles. The number of nitrogens with two attached hydrogens (primary N) is 1. The first-order chi connectivity index (χ1) is 9.15. The summed E-state index contributed by atoms with van der Waals surface area (Å²) < 4.78 is 27.6. The van der Waals surface area contributed by atoms with Crippen molar-refractivity contribution in [2.45, 2.75) is 0 Å². The summed E-state index contributed by atoms with van der Waals surface area (Å²) in [6.45, 7) is 0. The van der Waals surface area contributed by atoms with Gasteiger partial charge < -0.3 is 11.1 Å². The third-order valence-electron chi connectivity index (χ3n) is 2.74. The first-order valence-corrected chi connectivity index (χ1v) is 6.37. The van der Waals surface area contributed by atoms with Gasteiger partial charge in [0, 0.05) is 6.07 Å². The quantitative estimate of drug-likeness (QED) is 0.698. The van der Waals surface area contributed by atoms with E-state index in [0.717, 1.165) is 22.9 Å². The smallest absolute Gasteiger partial charge is 0.146 e. The SMILES string of the molecule is Nc1c(Nc2cc(F)ccc2F)ccc2scnc12. The molecule has 3 nitrogen and oxygen atoms in total. The normalized spacial score (nSPS) is 10.8. The highest BCUT2D eigenvalue weighted by molar-refractivity contribution is 7.16. The third kappa shape index (κ3) is 2.10. The number of hydrogen-bond acceptors (Lipinski definition) is 4. The average Bonchev–Trinajstić information content (AvgIpc) is 2.86. The summed E-state index contributed by atoms with van der Waals surface area (Å²) >= 11 is 1.47. The number of nitrogens with zero attached hydrogens (tertiary/aromatic N) is 1. The number of benzene rings is 2. The maximum atomic E-state index is 13.6. The topological polar surface area (TPSA) is 50.9 Å². The molecule has 0 amide bonds. The van der Waals surface area contributed by atoms with E-state index in [9.17, 15) is 8.78 Å². The van der Waals surface area contributed by atoms with E-state index in [1.165, 1.54) is 11.3 Å². The molecule has 6 heteroatoms. The van der Waals surface area contributed by atoms with E-state index in [-0.39, 0.29) is 5.69 Å². The maximum absolute atomic E-state index is 13.6. The zero-order valence-corrected chi connectivity index (χ0v) is 10.5. The Balaban J connectivity index is 2.05. The molecule has 0 aliphatic heterocycles. The minimum atomic E-state index is -0.542. The molecule has 0 aliphatic rings. The third-order valence-corrected chi connectivity index (χ3v) is 3.53. The van der Waals surface area contributed by atoms with Crippen molar-refractivity contribution < 1.29 is 8.78 Å². The van der Waals surface area contributed by atoms with Crippen molar-refractivity contribution in [3.63, 3.8) is 0 Å². The van der Waals surface area contributed by atoms with Gasteiger partial charge in [0.15, 0.2) is 0 Å². The van der Waals surface area contributed by atoms with E-state index in [1.54, 1.807) is 11.6 Å². The molecule has 1 aromatic heterocycles. The van der Waals surface area contributed by atoms with E-state index in [1.807, 2.05) is 6.07 Å². The van der Waals surface area contributed by atoms with Gasteiger partial charge in [-0.15, -0.1) is 11.3 Å². The van der Waals surface area contributed by atoms with Crippen LogP contribution in [0.5, 0.6) is 0 Å². The molecule has 0 saturated carbocycles. The number of aromatic nitrogens is 1. The summed E-state index contributed by atoms with van der Waals surface area (Å²) in [5.74, 6) is -1.06. The van der Waals surface area contributed by atoms with Gasteiger partial charge in [-0.1, -0.05) is 0 Å². The number of thiazole rings is 1. The molecule has 0 saturated heterocycles. The van der Waals surface area contributed by atoms with Crippen molar-refractivity contribution in [3.8, 4) is 0 Å². The standard InChI is InChI=1S/C13H9F2N3S/c14-7-1-2-8(15)10(5-7)18-9-3-4-11-13(12(9)16)17-6-19-11/h1-6,18H,16H2. The lowest BCUT2D eigenvalue weighted by molar-refractivity contribution is 0.603. The van der Waals surface area contributed by atoms with Gasteiger partial charge in [-0.25, -0.2) is 13.8 Å². The second kappa shape index (κ2) is 4.47. The highest BCUT2D eigenvalue weighted by atomic mass is 32.1. The van der Waals surface area contributed by atoms with Crippen LogP contribution >= 0.6 is 11.3 Å². The summed E-state index contributed by atoms with van der Waals surface area (Å²) in [5, 5.41) is 2.79. The van der Waals surface area contributed by atoms with E-state index in [0.29, 0.717) is 16.9 Å². The Bertz CT molecular complexity index is 755. The van der Waals surface area contributed by atoms with Gasteiger partial charge in [0.25, 0.3) is 0 Å². The van der Waals surface area contributed by atoms with Crippen molar-refractivity contribution in [3.05, 3.63) is 47.5 Å². The second-order valence-electron chi connectivity index (χ2n) is 3.98. The van der Waals surface area contributed by atoms with Gasteiger partial charge in [-0.2, -0.15) is 0 Å². The lowest BCUT2D eigenvalue weighted by atomic mass is 10.2. The molecule has 3 N–H and O–H groups in total. The van der Waals surface area contributed by atoms with Crippen molar-refractivity contribution >= 4 is 38.6 Å². The highest BCUT2D eigenvalue weighted by Crippen LogP contribution is 2.32. The van der Waals surface area contributed by atoms with Crippen LogP contribution in [0.2, 0.25) is 0 Å². The van der Waals surface area contributed by atoms with Crippen LogP contribution in [-0.4, -0.2) is 4.98 Å². The molecule has 0 atom stereocenters. The van der Waals surface area contributed by atoms with Crippen LogP contribution in [0.15, 0.2) is 35.8 Å². The fraction of sp³-hybridized carbons (Fsp3) is 0. The number of halogens is 2. The number of hydrogen-bond donors (Lipinski definition) is 2. The molecule has 96 valence electrons. The van der Waals surface area contributed by atoms with Gasteiger partial charge in [0.05, 0.1) is 27.3 Å². The Morgan fingerprint density at radius 1 is 1.11 bits per heavy atom. The molecule has 0 bridgehead atoms. The monoisotopic (exact) mass is 277 g/mol. The molecule has 0 radical (unpaired) electrons. The summed E-state index contributed by atoms with van der Waals surface area (Å²) in [6.07, 6.45) is 0. The van der Waals surface area contributed by atoms with Gasteiger partial charge in [-0.3, -0.25) is 0 Å². The molecular weight excluding hydrogens is 268 g/mol. The Hall–Kier alpha value is -2.21. The van der Waals surface area contributed by atoms with Crippen LogP contribution in [0.1, 0.15) is 0 Å². The van der Waals surface area contributed by atoms with Gasteiger partial charge in [0.2, 0.25) is 0 Å². The van der Waals surface area contributed by atoms with Crippen LogP contribution in [0, 0.1) is 11.6 Å². The number of rotatable bonds is 2. The van der Waals surface area contributed by atoms with Crippen LogP contribution in [0.4, 0.5) is 25.8 Å². The van der Waals surface area contributed by atoms with Gasteiger partial charge >= 0.3 is 0 Å². The van der Waals surface area contributed by atoms with Gasteiger partial charge in [-0.05, 0) is 24.3 Å². The molecule has 3 rings (SSSR count). The van der Waals surface area contributed by atoms with Crippen LogP contribution in [-0.2, 0) is 0 Å². The molecule has 0 spiro atoms. The fourth-order valence-electron chi connectivity index (χ4n) is 1.80. The summed E-state index contributed by atoms with van der Waals surface area (Å²) in [7, 11) is 0. The van der Waals surface area contributed by atoms with Crippen molar-refractivity contribution in [1.29, 1.82) is 0 Å². The summed E-state index contributed by atoms with van der Waals surface area (Å²) in [4.78, 5) is 4.15. The van der Waals surface area contributed by atoms with Crippen LogP contribution < -0.4 is 11.1 Å². The van der Waals surface area contributed by atoms with Crippen LogP contribution in [0.3, 0.4) is 0 Å². The molecule has 0 unspecified atom stereocenters. The largest absolute Gasteiger partial charge is 0.395 e. The fourth-order valence-corrected chi connectivity index (χ4v) is 2.49. The number of fused-ring (bicyclic) bond motifs is 1. The Morgan fingerprint density at radius 2 is 1.95 bits per heavy atom. The van der Waals surface area contributed by atoms with E-state index in [2.05, 4.69) is 10.3 Å². The molecule has 3 aromatic rings. The summed E-state index contributed by atoms with van der Waals surface area (Å²) in [5.41, 5.74) is 9.28. The van der Waals surface area contributed by atoms with E-state index >= 15 is 0 Å². The van der Waals surface area contributed by atoms with Crippen molar-refractivity contribution in [1.82, 2.24) is 4.98 Å². The molecular formula is C13H9F2N3S. The number of nitrogen functional groups attached to an aromatic ring is 1. The van der Waals surface area contributed by atoms with Crippen molar-refractivity contribution in [2.75, 3.05) is 11.1 Å². The predicted octanol–water partition coefficient (Wildman–Crippen LogP) is 3.90. The Morgan fingerprint density at radius 3 is 2.79 bits per heavy atom. The first-order valence-electron chi connectivity index (χ1n) is 5.49. The zero-order chi connectivity index (χ0) is 13.4. The van der Waals surface area contributed by atoms with Crippen LogP contribution in [0.25, 0.3) is 10.2 Å². The van der Waals surface area contributed by atoms with E-state index in [4.69, 9.17) is 5.73 Å².